The van der Waals surface area contributed by atoms with E-state index in [9.17, 15) is 0 Å². The summed E-state index contributed by atoms with van der Waals surface area (Å²) >= 11 is 0. The average molecular weight is 262 g/mol. The maximum absolute atomic E-state index is 6.04. The molecule has 0 aromatic heterocycles. The highest BCUT2D eigenvalue weighted by molar-refractivity contribution is 5.13. The lowest BCUT2D eigenvalue weighted by atomic mass is 9.95. The van der Waals surface area contributed by atoms with Crippen LogP contribution in [0.15, 0.2) is 30.3 Å². The maximum atomic E-state index is 6.04. The topological polar surface area (TPSA) is 21.8 Å². The fourth-order valence-corrected chi connectivity index (χ4v) is 2.42. The number of hydrogen-bond donors (Lipinski definition) is 0. The van der Waals surface area contributed by atoms with Gasteiger partial charge in [-0.1, -0.05) is 30.3 Å². The second-order valence-electron chi connectivity index (χ2n) is 6.46. The monoisotopic (exact) mass is 262 g/mol. The van der Waals surface area contributed by atoms with Gasteiger partial charge < -0.3 is 9.47 Å². The first-order chi connectivity index (χ1) is 8.91. The Morgan fingerprint density at radius 3 is 2.47 bits per heavy atom. The summed E-state index contributed by atoms with van der Waals surface area (Å²) in [5, 5.41) is 0. The minimum Gasteiger partial charge on any atom is -0.371 e. The molecule has 1 fully saturated rings. The lowest BCUT2D eigenvalue weighted by Crippen LogP contribution is -2.25. The van der Waals surface area contributed by atoms with E-state index >= 15 is 0 Å². The Bertz CT molecular complexity index is 399. The van der Waals surface area contributed by atoms with Crippen molar-refractivity contribution in [3.63, 3.8) is 0 Å². The molecule has 19 heavy (non-hydrogen) atoms. The molecule has 0 amide bonds. The summed E-state index contributed by atoms with van der Waals surface area (Å²) in [6.07, 6.45) is 3.79. The first-order valence-electron chi connectivity index (χ1n) is 7.27. The predicted octanol–water partition coefficient (Wildman–Crippen LogP) is 4.33. The second kappa shape index (κ2) is 5.64. The number of benzene rings is 1. The van der Waals surface area contributed by atoms with E-state index in [-0.39, 0.29) is 11.2 Å². The van der Waals surface area contributed by atoms with E-state index in [0.29, 0.717) is 12.7 Å². The normalized spacial score (nSPS) is 26.4. The molecule has 0 unspecified atom stereocenters. The highest BCUT2D eigenvalue weighted by Crippen LogP contribution is 2.40. The van der Waals surface area contributed by atoms with Crippen LogP contribution in [0.2, 0.25) is 0 Å². The molecule has 0 saturated carbocycles. The van der Waals surface area contributed by atoms with Crippen LogP contribution in [0, 0.1) is 0 Å². The molecule has 0 bridgehead atoms. The molecule has 1 aliphatic heterocycles. The van der Waals surface area contributed by atoms with Gasteiger partial charge in [0.15, 0.2) is 0 Å². The van der Waals surface area contributed by atoms with Gasteiger partial charge in [-0.2, -0.15) is 0 Å². The van der Waals surface area contributed by atoms with E-state index in [1.807, 2.05) is 6.07 Å². The fraction of sp³-hybridized carbons (Fsp3) is 0.647. The van der Waals surface area contributed by atoms with Crippen LogP contribution >= 0.6 is 0 Å². The zero-order chi connectivity index (χ0) is 13.9. The van der Waals surface area contributed by atoms with Crippen molar-refractivity contribution in [1.29, 1.82) is 0 Å². The van der Waals surface area contributed by atoms with Crippen molar-refractivity contribution in [3.8, 4) is 0 Å². The van der Waals surface area contributed by atoms with Gasteiger partial charge >= 0.3 is 0 Å². The van der Waals surface area contributed by atoms with Gasteiger partial charge in [0.25, 0.3) is 0 Å². The molecule has 1 aromatic carbocycles. The Labute approximate surface area is 117 Å². The molecule has 0 aliphatic carbocycles. The summed E-state index contributed by atoms with van der Waals surface area (Å²) in [6, 6.07) is 10.4. The third kappa shape index (κ3) is 4.32. The third-order valence-electron chi connectivity index (χ3n) is 4.17. The molecule has 1 heterocycles. The lowest BCUT2D eigenvalue weighted by Gasteiger charge is -2.26. The van der Waals surface area contributed by atoms with Crippen LogP contribution in [0.4, 0.5) is 0 Å². The largest absolute Gasteiger partial charge is 0.371 e. The van der Waals surface area contributed by atoms with E-state index in [0.717, 1.165) is 19.3 Å². The Morgan fingerprint density at radius 1 is 1.26 bits per heavy atom. The number of hydrogen-bond acceptors (Lipinski definition) is 2. The summed E-state index contributed by atoms with van der Waals surface area (Å²) in [5.41, 5.74) is 1.31. The zero-order valence-electron chi connectivity index (χ0n) is 12.6. The molecule has 1 aromatic rings. The van der Waals surface area contributed by atoms with Crippen molar-refractivity contribution in [3.05, 3.63) is 35.9 Å². The second-order valence-corrected chi connectivity index (χ2v) is 6.46. The van der Waals surface area contributed by atoms with E-state index in [1.54, 1.807) is 0 Å². The minimum atomic E-state index is -0.0651. The van der Waals surface area contributed by atoms with Crippen LogP contribution in [-0.2, 0) is 16.1 Å². The standard InChI is InChI=1S/C17H26O2/c1-14-17(4,19-14)12-8-11-16(2,3)18-13-15-9-6-5-7-10-15/h5-7,9-10,14H,8,11-13H2,1-4H3/t14-,17-/m0/s1. The van der Waals surface area contributed by atoms with Gasteiger partial charge in [0.1, 0.15) is 0 Å². The zero-order valence-corrected chi connectivity index (χ0v) is 12.6. The minimum absolute atomic E-state index is 0.0651. The molecule has 1 saturated heterocycles. The predicted molar refractivity (Wildman–Crippen MR) is 78.1 cm³/mol. The van der Waals surface area contributed by atoms with E-state index < -0.39 is 0 Å². The lowest BCUT2D eigenvalue weighted by molar-refractivity contribution is -0.0370. The summed E-state index contributed by atoms with van der Waals surface area (Å²) in [6.45, 7) is 9.40. The quantitative estimate of drug-likeness (QED) is 0.682. The van der Waals surface area contributed by atoms with Gasteiger partial charge in [0.05, 0.1) is 23.9 Å². The van der Waals surface area contributed by atoms with Gasteiger partial charge in [-0.15, -0.1) is 0 Å². The van der Waals surface area contributed by atoms with Crippen LogP contribution in [0.3, 0.4) is 0 Å². The molecule has 2 heteroatoms. The van der Waals surface area contributed by atoms with Gasteiger partial charge in [0.2, 0.25) is 0 Å². The Morgan fingerprint density at radius 2 is 1.89 bits per heavy atom. The molecule has 106 valence electrons. The molecule has 2 rings (SSSR count). The molecule has 2 atom stereocenters. The van der Waals surface area contributed by atoms with Crippen LogP contribution < -0.4 is 0 Å². The number of epoxide rings is 1. The van der Waals surface area contributed by atoms with E-state index in [1.165, 1.54) is 5.56 Å². The van der Waals surface area contributed by atoms with E-state index in [2.05, 4.69) is 52.0 Å². The number of ether oxygens (including phenoxy) is 2. The highest BCUT2D eigenvalue weighted by Gasteiger charge is 2.47. The van der Waals surface area contributed by atoms with Crippen molar-refractivity contribution < 1.29 is 9.47 Å². The third-order valence-corrected chi connectivity index (χ3v) is 4.17. The van der Waals surface area contributed by atoms with Crippen LogP contribution in [0.1, 0.15) is 52.5 Å². The SMILES string of the molecule is C[C@@H]1O[C@@]1(C)CCCC(C)(C)OCc1ccccc1. The fourth-order valence-electron chi connectivity index (χ4n) is 2.42. The molecule has 0 N–H and O–H groups in total. The van der Waals surface area contributed by atoms with Crippen molar-refractivity contribution >= 4 is 0 Å². The van der Waals surface area contributed by atoms with Gasteiger partial charge in [-0.25, -0.2) is 0 Å². The molecule has 0 radical (unpaired) electrons. The Balaban J connectivity index is 1.69. The highest BCUT2D eigenvalue weighted by atomic mass is 16.6. The molecule has 0 spiro atoms. The first-order valence-corrected chi connectivity index (χ1v) is 7.27. The molecule has 1 aliphatic rings. The van der Waals surface area contributed by atoms with Gasteiger partial charge in [-0.05, 0) is 52.5 Å². The first kappa shape index (κ1) is 14.5. The summed E-state index contributed by atoms with van der Waals surface area (Å²) in [7, 11) is 0. The van der Waals surface area contributed by atoms with Crippen molar-refractivity contribution in [2.24, 2.45) is 0 Å². The van der Waals surface area contributed by atoms with E-state index in [4.69, 9.17) is 9.47 Å². The van der Waals surface area contributed by atoms with Crippen molar-refractivity contribution in [2.75, 3.05) is 0 Å². The summed E-state index contributed by atoms with van der Waals surface area (Å²) in [5.74, 6) is 0. The van der Waals surface area contributed by atoms with Gasteiger partial charge in [-0.3, -0.25) is 0 Å². The van der Waals surface area contributed by atoms with Gasteiger partial charge in [0, 0.05) is 0 Å². The van der Waals surface area contributed by atoms with Crippen LogP contribution in [0.5, 0.6) is 0 Å². The van der Waals surface area contributed by atoms with Crippen molar-refractivity contribution in [2.45, 2.75) is 70.9 Å². The Hall–Kier alpha value is -0.860. The van der Waals surface area contributed by atoms with Crippen LogP contribution in [-0.4, -0.2) is 17.3 Å². The molecular formula is C17H26O2. The van der Waals surface area contributed by atoms with Crippen molar-refractivity contribution in [1.82, 2.24) is 0 Å². The number of rotatable bonds is 7. The molecule has 2 nitrogen and oxygen atoms in total. The Kier molecular flexibility index (Phi) is 4.32. The average Bonchev–Trinajstić information content (AvgIpc) is 2.96. The smallest absolute Gasteiger partial charge is 0.0917 e. The summed E-state index contributed by atoms with van der Waals surface area (Å²) < 4.78 is 11.6. The maximum Gasteiger partial charge on any atom is 0.0917 e. The molecular weight excluding hydrogens is 236 g/mol. The van der Waals surface area contributed by atoms with Crippen LogP contribution in [0.25, 0.3) is 0 Å². The summed E-state index contributed by atoms with van der Waals surface area (Å²) in [4.78, 5) is 0.